The summed E-state index contributed by atoms with van der Waals surface area (Å²) in [4.78, 5) is 27.6. The fraction of sp³-hybridized carbons (Fsp3) is 0.321. The summed E-state index contributed by atoms with van der Waals surface area (Å²) in [5.74, 6) is 0.600. The largest absolute Gasteiger partial charge is 0.392 e. The second-order valence-corrected chi connectivity index (χ2v) is 10.7. The van der Waals surface area contributed by atoms with Crippen molar-refractivity contribution in [1.29, 1.82) is 0 Å². The third-order valence-electron chi connectivity index (χ3n) is 7.18. The Morgan fingerprint density at radius 2 is 1.81 bits per heavy atom. The lowest BCUT2D eigenvalue weighted by atomic mass is 10.0. The third-order valence-corrected chi connectivity index (χ3v) is 8.32. The molecule has 2 fully saturated rings. The van der Waals surface area contributed by atoms with Crippen LogP contribution < -0.4 is 5.32 Å². The monoisotopic (exact) mass is 499 g/mol. The number of carbonyl (C=O) groups is 1. The fourth-order valence-electron chi connectivity index (χ4n) is 5.21. The van der Waals surface area contributed by atoms with E-state index < -0.39 is 0 Å². The van der Waals surface area contributed by atoms with Crippen LogP contribution in [-0.4, -0.2) is 69.1 Å². The van der Waals surface area contributed by atoms with E-state index in [1.807, 2.05) is 47.4 Å². The maximum Gasteiger partial charge on any atom is 0.253 e. The zero-order chi connectivity index (χ0) is 24.5. The Bertz CT molecular complexity index is 1330. The van der Waals surface area contributed by atoms with Crippen molar-refractivity contribution in [3.05, 3.63) is 72.4 Å². The van der Waals surface area contributed by atoms with E-state index in [9.17, 15) is 9.90 Å². The first-order valence-corrected chi connectivity index (χ1v) is 13.3. The van der Waals surface area contributed by atoms with Gasteiger partial charge in [-0.15, -0.1) is 11.3 Å². The molecule has 0 unspecified atom stereocenters. The van der Waals surface area contributed by atoms with Crippen molar-refractivity contribution in [2.24, 2.45) is 0 Å². The lowest BCUT2D eigenvalue weighted by Crippen LogP contribution is -2.46. The number of piperidine rings is 1. The van der Waals surface area contributed by atoms with Gasteiger partial charge in [0, 0.05) is 54.4 Å². The highest BCUT2D eigenvalue weighted by Crippen LogP contribution is 2.32. The molecule has 2 aromatic carbocycles. The molecule has 2 N–H and O–H groups in total. The summed E-state index contributed by atoms with van der Waals surface area (Å²) >= 11 is 1.72. The number of benzene rings is 2. The number of β-amino-alcohol motifs (C(OH)–C–C–N with tert-alkyl or cyclic N) is 1. The van der Waals surface area contributed by atoms with Gasteiger partial charge >= 0.3 is 0 Å². The Morgan fingerprint density at radius 1 is 1.00 bits per heavy atom. The van der Waals surface area contributed by atoms with E-state index in [4.69, 9.17) is 4.98 Å². The first-order chi connectivity index (χ1) is 17.6. The molecule has 0 radical (unpaired) electrons. The van der Waals surface area contributed by atoms with Crippen molar-refractivity contribution in [1.82, 2.24) is 19.8 Å². The highest BCUT2D eigenvalue weighted by molar-refractivity contribution is 7.22. The SMILES string of the molecule is O=C(c1ccc(Nc2nccc(-c3cc4ccccc4s3)n2)cc1)N1CCC(N2CC[C@H](O)C2)CC1. The van der Waals surface area contributed by atoms with Crippen LogP contribution in [0.3, 0.4) is 0 Å². The first kappa shape index (κ1) is 23.1. The molecule has 1 amide bonds. The predicted octanol–water partition coefficient (Wildman–Crippen LogP) is 4.77. The number of aromatic nitrogens is 2. The van der Waals surface area contributed by atoms with Gasteiger partial charge in [-0.05, 0) is 67.1 Å². The highest BCUT2D eigenvalue weighted by Gasteiger charge is 2.31. The lowest BCUT2D eigenvalue weighted by Gasteiger charge is -2.36. The normalized spacial score (nSPS) is 19.1. The molecule has 0 bridgehead atoms. The summed E-state index contributed by atoms with van der Waals surface area (Å²) in [5, 5.41) is 14.3. The summed E-state index contributed by atoms with van der Waals surface area (Å²) in [6.45, 7) is 3.25. The number of amides is 1. The van der Waals surface area contributed by atoms with E-state index in [0.29, 0.717) is 17.6 Å². The maximum atomic E-state index is 13.1. The molecular formula is C28H29N5O2S. The number of nitrogens with zero attached hydrogens (tertiary/aromatic N) is 4. The second kappa shape index (κ2) is 9.97. The molecule has 2 aliphatic heterocycles. The van der Waals surface area contributed by atoms with Crippen molar-refractivity contribution in [2.75, 3.05) is 31.5 Å². The minimum absolute atomic E-state index is 0.0736. The van der Waals surface area contributed by atoms with E-state index in [2.05, 4.69) is 33.4 Å². The van der Waals surface area contributed by atoms with Gasteiger partial charge < -0.3 is 15.3 Å². The summed E-state index contributed by atoms with van der Waals surface area (Å²) < 4.78 is 1.24. The van der Waals surface area contributed by atoms with Gasteiger partial charge in [-0.25, -0.2) is 9.97 Å². The average Bonchev–Trinajstić information content (AvgIpc) is 3.55. The van der Waals surface area contributed by atoms with Gasteiger partial charge in [-0.2, -0.15) is 0 Å². The number of aliphatic hydroxyl groups is 1. The van der Waals surface area contributed by atoms with Gasteiger partial charge in [-0.3, -0.25) is 9.69 Å². The molecule has 4 aromatic rings. The number of nitrogens with one attached hydrogen (secondary N) is 1. The number of aliphatic hydroxyl groups excluding tert-OH is 1. The molecular weight excluding hydrogens is 470 g/mol. The van der Waals surface area contributed by atoms with E-state index in [1.54, 1.807) is 17.5 Å². The minimum Gasteiger partial charge on any atom is -0.392 e. The number of hydrogen-bond acceptors (Lipinski definition) is 7. The Hall–Kier alpha value is -3.33. The number of hydrogen-bond donors (Lipinski definition) is 2. The first-order valence-electron chi connectivity index (χ1n) is 12.5. The van der Waals surface area contributed by atoms with E-state index in [-0.39, 0.29) is 12.0 Å². The molecule has 0 spiro atoms. The molecule has 0 saturated carbocycles. The summed E-state index contributed by atoms with van der Waals surface area (Å²) in [5.41, 5.74) is 2.41. The molecule has 0 aliphatic carbocycles. The van der Waals surface area contributed by atoms with Gasteiger partial charge in [0.15, 0.2) is 0 Å². The Morgan fingerprint density at radius 3 is 2.56 bits per heavy atom. The van der Waals surface area contributed by atoms with Crippen LogP contribution in [0.25, 0.3) is 20.7 Å². The molecule has 6 rings (SSSR count). The predicted molar refractivity (Wildman–Crippen MR) is 144 cm³/mol. The molecule has 184 valence electrons. The van der Waals surface area contributed by atoms with Crippen LogP contribution in [-0.2, 0) is 0 Å². The van der Waals surface area contributed by atoms with Crippen molar-refractivity contribution in [3.63, 3.8) is 0 Å². The molecule has 7 nitrogen and oxygen atoms in total. The van der Waals surface area contributed by atoms with Gasteiger partial charge in [0.05, 0.1) is 16.7 Å². The molecule has 2 saturated heterocycles. The van der Waals surface area contributed by atoms with Gasteiger partial charge in [0.25, 0.3) is 5.91 Å². The van der Waals surface area contributed by atoms with Gasteiger partial charge in [0.1, 0.15) is 0 Å². The Balaban J connectivity index is 1.08. The van der Waals surface area contributed by atoms with Crippen molar-refractivity contribution in [3.8, 4) is 10.6 Å². The fourth-order valence-corrected chi connectivity index (χ4v) is 6.24. The van der Waals surface area contributed by atoms with Crippen molar-refractivity contribution in [2.45, 2.75) is 31.4 Å². The topological polar surface area (TPSA) is 81.6 Å². The van der Waals surface area contributed by atoms with Crippen LogP contribution in [0.15, 0.2) is 66.9 Å². The number of rotatable bonds is 5. The standard InChI is InChI=1S/C28H29N5O2S/c34-23-12-16-33(18-23)22-10-14-32(15-11-22)27(35)19-5-7-21(8-6-19)30-28-29-13-9-24(31-28)26-17-20-3-1-2-4-25(20)36-26/h1-9,13,17,22-23,34H,10-12,14-16,18H2,(H,29,30,31)/t23-/m0/s1. The lowest BCUT2D eigenvalue weighted by molar-refractivity contribution is 0.0627. The van der Waals surface area contributed by atoms with Crippen LogP contribution in [0.1, 0.15) is 29.6 Å². The highest BCUT2D eigenvalue weighted by atomic mass is 32.1. The second-order valence-electron chi connectivity index (χ2n) is 9.58. The summed E-state index contributed by atoms with van der Waals surface area (Å²) in [6.07, 6.45) is 4.36. The summed E-state index contributed by atoms with van der Waals surface area (Å²) in [6, 6.07) is 20.4. The van der Waals surface area contributed by atoms with E-state index in [1.165, 1.54) is 10.1 Å². The van der Waals surface area contributed by atoms with Crippen molar-refractivity contribution < 1.29 is 9.90 Å². The van der Waals surface area contributed by atoms with E-state index >= 15 is 0 Å². The number of thiophene rings is 1. The van der Waals surface area contributed by atoms with Crippen LogP contribution in [0.2, 0.25) is 0 Å². The van der Waals surface area contributed by atoms with Crippen LogP contribution in [0.4, 0.5) is 11.6 Å². The molecule has 1 atom stereocenters. The number of likely N-dealkylation sites (tertiary alicyclic amines) is 2. The molecule has 36 heavy (non-hydrogen) atoms. The number of fused-ring (bicyclic) bond motifs is 1. The number of anilines is 2. The smallest absolute Gasteiger partial charge is 0.253 e. The Kier molecular flexibility index (Phi) is 6.39. The van der Waals surface area contributed by atoms with Crippen LogP contribution in [0.5, 0.6) is 0 Å². The minimum atomic E-state index is -0.194. The number of carbonyl (C=O) groups excluding carboxylic acids is 1. The molecule has 2 aliphatic rings. The van der Waals surface area contributed by atoms with Gasteiger partial charge in [-0.1, -0.05) is 18.2 Å². The van der Waals surface area contributed by atoms with Crippen LogP contribution >= 0.6 is 11.3 Å². The molecule has 2 aromatic heterocycles. The van der Waals surface area contributed by atoms with Crippen molar-refractivity contribution >= 4 is 39.0 Å². The van der Waals surface area contributed by atoms with E-state index in [0.717, 1.165) is 61.7 Å². The Labute approximate surface area is 214 Å². The quantitative estimate of drug-likeness (QED) is 0.412. The maximum absolute atomic E-state index is 13.1. The van der Waals surface area contributed by atoms with Gasteiger partial charge in [0.2, 0.25) is 5.95 Å². The third kappa shape index (κ3) is 4.84. The average molecular weight is 500 g/mol. The summed E-state index contributed by atoms with van der Waals surface area (Å²) in [7, 11) is 0. The molecule has 4 heterocycles. The zero-order valence-electron chi connectivity index (χ0n) is 20.0. The van der Waals surface area contributed by atoms with Crippen LogP contribution in [0, 0.1) is 0 Å². The molecule has 8 heteroatoms. The zero-order valence-corrected chi connectivity index (χ0v) is 20.8.